The van der Waals surface area contributed by atoms with E-state index in [-0.39, 0.29) is 29.6 Å². The van der Waals surface area contributed by atoms with Crippen molar-refractivity contribution in [3.8, 4) is 11.3 Å². The Balaban J connectivity index is 2.04. The van der Waals surface area contributed by atoms with Gasteiger partial charge in [0, 0.05) is 18.3 Å². The summed E-state index contributed by atoms with van der Waals surface area (Å²) in [6.07, 6.45) is 1.73. The predicted molar refractivity (Wildman–Crippen MR) is 120 cm³/mol. The van der Waals surface area contributed by atoms with Gasteiger partial charge in [-0.05, 0) is 32.9 Å². The van der Waals surface area contributed by atoms with Crippen molar-refractivity contribution in [1.29, 1.82) is 0 Å². The van der Waals surface area contributed by atoms with Crippen molar-refractivity contribution in [2.24, 2.45) is 0 Å². The summed E-state index contributed by atoms with van der Waals surface area (Å²) in [7, 11) is 0. The molecule has 10 nitrogen and oxygen atoms in total. The molecule has 2 aromatic heterocycles. The Bertz CT molecular complexity index is 1160. The molecule has 1 aromatic carbocycles. The van der Waals surface area contributed by atoms with Crippen LogP contribution in [0.15, 0.2) is 59.7 Å². The average molecular weight is 452 g/mol. The van der Waals surface area contributed by atoms with Crippen LogP contribution in [-0.2, 0) is 20.8 Å². The fourth-order valence-electron chi connectivity index (χ4n) is 2.91. The van der Waals surface area contributed by atoms with E-state index in [0.717, 1.165) is 0 Å². The average Bonchev–Trinajstić information content (AvgIpc) is 2.80. The number of hydrogen-bond acceptors (Lipinski definition) is 9. The highest BCUT2D eigenvalue weighted by atomic mass is 16.8. The highest BCUT2D eigenvalue weighted by Crippen LogP contribution is 2.27. The summed E-state index contributed by atoms with van der Waals surface area (Å²) in [5.74, 6) is -0.898. The molecule has 0 aliphatic carbocycles. The minimum absolute atomic E-state index is 0.0338. The smallest absolute Gasteiger partial charge is 0.431 e. The number of aromatic nitrogens is 3. The van der Waals surface area contributed by atoms with Crippen LogP contribution in [0.1, 0.15) is 31.1 Å². The van der Waals surface area contributed by atoms with Crippen LogP contribution in [0.5, 0.6) is 0 Å². The van der Waals surface area contributed by atoms with Gasteiger partial charge in [0.25, 0.3) is 5.56 Å². The van der Waals surface area contributed by atoms with E-state index in [4.69, 9.17) is 14.2 Å². The van der Waals surface area contributed by atoms with Crippen LogP contribution in [0.3, 0.4) is 0 Å². The minimum atomic E-state index is -0.977. The van der Waals surface area contributed by atoms with Gasteiger partial charge in [-0.1, -0.05) is 30.3 Å². The molecule has 0 saturated carbocycles. The van der Waals surface area contributed by atoms with E-state index < -0.39 is 24.5 Å². The maximum absolute atomic E-state index is 13.1. The van der Waals surface area contributed by atoms with Crippen LogP contribution in [-0.4, -0.2) is 39.8 Å². The molecule has 3 aromatic rings. The third-order valence-corrected chi connectivity index (χ3v) is 4.34. The van der Waals surface area contributed by atoms with E-state index in [2.05, 4.69) is 15.4 Å². The summed E-state index contributed by atoms with van der Waals surface area (Å²) in [4.78, 5) is 41.8. The van der Waals surface area contributed by atoms with Crippen LogP contribution in [0.2, 0.25) is 0 Å². The molecule has 3 rings (SSSR count). The molecule has 0 radical (unpaired) electrons. The third-order valence-electron chi connectivity index (χ3n) is 4.34. The molecule has 2 heterocycles. The van der Waals surface area contributed by atoms with Gasteiger partial charge >= 0.3 is 12.1 Å². The van der Waals surface area contributed by atoms with Gasteiger partial charge in [-0.25, -0.2) is 14.3 Å². The maximum atomic E-state index is 13.1. The van der Waals surface area contributed by atoms with Crippen LogP contribution in [0.4, 0.5) is 16.2 Å². The lowest BCUT2D eigenvalue weighted by molar-refractivity contribution is -0.0344. The zero-order valence-corrected chi connectivity index (χ0v) is 18.5. The monoisotopic (exact) mass is 452 g/mol. The van der Waals surface area contributed by atoms with Gasteiger partial charge in [0.2, 0.25) is 6.79 Å². The molecule has 33 heavy (non-hydrogen) atoms. The molecular weight excluding hydrogens is 428 g/mol. The molecule has 0 aliphatic heterocycles. The van der Waals surface area contributed by atoms with Crippen LogP contribution in [0, 0.1) is 0 Å². The van der Waals surface area contributed by atoms with Crippen molar-refractivity contribution in [2.45, 2.75) is 33.4 Å². The highest BCUT2D eigenvalue weighted by Gasteiger charge is 2.26. The summed E-state index contributed by atoms with van der Waals surface area (Å²) in [5.41, 5.74) is 0.676. The van der Waals surface area contributed by atoms with Crippen molar-refractivity contribution >= 4 is 23.5 Å². The first kappa shape index (κ1) is 23.5. The van der Waals surface area contributed by atoms with E-state index >= 15 is 0 Å². The van der Waals surface area contributed by atoms with E-state index in [1.165, 1.54) is 10.9 Å². The number of aryl methyl sites for hydroxylation is 1. The van der Waals surface area contributed by atoms with Crippen molar-refractivity contribution in [1.82, 2.24) is 14.8 Å². The Hall–Kier alpha value is -4.21. The molecule has 0 unspecified atom stereocenters. The van der Waals surface area contributed by atoms with Gasteiger partial charge in [-0.2, -0.15) is 5.10 Å². The number of carbonyl (C=O) groups excluding carboxylic acids is 2. The molecule has 0 bridgehead atoms. The van der Waals surface area contributed by atoms with E-state index in [0.29, 0.717) is 11.3 Å². The number of carbonyl (C=O) groups is 2. The fraction of sp³-hybridized carbons (Fsp3) is 0.261. The molecule has 0 spiro atoms. The lowest BCUT2D eigenvalue weighted by Gasteiger charge is -2.17. The topological polar surface area (TPSA) is 122 Å². The second kappa shape index (κ2) is 10.9. The number of benzene rings is 1. The predicted octanol–water partition coefficient (Wildman–Crippen LogP) is 3.74. The molecule has 0 saturated heterocycles. The first-order valence-corrected chi connectivity index (χ1v) is 10.3. The maximum Gasteiger partial charge on any atom is 0.511 e. The molecule has 0 fully saturated rings. The van der Waals surface area contributed by atoms with Gasteiger partial charge in [-0.15, -0.1) is 0 Å². The summed E-state index contributed by atoms with van der Waals surface area (Å²) >= 11 is 0. The molecular formula is C23H24N4O6. The van der Waals surface area contributed by atoms with Gasteiger partial charge in [0.1, 0.15) is 16.9 Å². The van der Waals surface area contributed by atoms with Gasteiger partial charge in [-0.3, -0.25) is 9.78 Å². The molecule has 0 amide bonds. The number of nitrogens with zero attached hydrogens (tertiary/aromatic N) is 3. The van der Waals surface area contributed by atoms with Crippen LogP contribution >= 0.6 is 0 Å². The Morgan fingerprint density at radius 2 is 1.85 bits per heavy atom. The Labute approximate surface area is 190 Å². The van der Waals surface area contributed by atoms with E-state index in [1.807, 2.05) is 6.07 Å². The van der Waals surface area contributed by atoms with Crippen molar-refractivity contribution < 1.29 is 23.8 Å². The standard InChI is InChI=1S/C23H24N4O6/c1-4-27-21(28)20(25-17-11-8-12-24-13-17)18(19(26-27)16-9-6-5-7-10-16)22(29)31-14-32-23(30)33-15(2)3/h5-13,15,25H,4,14H2,1-3H3. The molecule has 10 heteroatoms. The first-order valence-electron chi connectivity index (χ1n) is 10.3. The second-order valence-electron chi connectivity index (χ2n) is 7.06. The number of pyridine rings is 1. The van der Waals surface area contributed by atoms with Crippen LogP contribution < -0.4 is 10.9 Å². The zero-order valence-electron chi connectivity index (χ0n) is 18.5. The van der Waals surface area contributed by atoms with Gasteiger partial charge in [0.05, 0.1) is 18.0 Å². The molecule has 172 valence electrons. The second-order valence-corrected chi connectivity index (χ2v) is 7.06. The number of esters is 1. The van der Waals surface area contributed by atoms with Crippen molar-refractivity contribution in [3.05, 3.63) is 70.8 Å². The number of anilines is 2. The molecule has 0 atom stereocenters. The first-order chi connectivity index (χ1) is 15.9. The molecule has 1 N–H and O–H groups in total. The van der Waals surface area contributed by atoms with E-state index in [9.17, 15) is 14.4 Å². The summed E-state index contributed by atoms with van der Waals surface area (Å²) in [6.45, 7) is 4.67. The largest absolute Gasteiger partial charge is 0.511 e. The van der Waals surface area contributed by atoms with Crippen molar-refractivity contribution in [2.75, 3.05) is 12.1 Å². The van der Waals surface area contributed by atoms with Crippen molar-refractivity contribution in [3.63, 3.8) is 0 Å². The zero-order chi connectivity index (χ0) is 23.8. The lowest BCUT2D eigenvalue weighted by atomic mass is 10.0. The Morgan fingerprint density at radius 3 is 2.48 bits per heavy atom. The summed E-state index contributed by atoms with van der Waals surface area (Å²) < 4.78 is 16.0. The Morgan fingerprint density at radius 1 is 1.09 bits per heavy atom. The third kappa shape index (κ3) is 5.94. The van der Waals surface area contributed by atoms with Gasteiger partial charge in [0.15, 0.2) is 0 Å². The summed E-state index contributed by atoms with van der Waals surface area (Å²) in [6, 6.07) is 12.3. The fourth-order valence-corrected chi connectivity index (χ4v) is 2.91. The molecule has 0 aliphatic rings. The van der Waals surface area contributed by atoms with Gasteiger partial charge < -0.3 is 19.5 Å². The lowest BCUT2D eigenvalue weighted by Crippen LogP contribution is -2.29. The van der Waals surface area contributed by atoms with Crippen LogP contribution in [0.25, 0.3) is 11.3 Å². The quantitative estimate of drug-likeness (QED) is 0.402. The van der Waals surface area contributed by atoms with E-state index in [1.54, 1.807) is 63.4 Å². The number of rotatable bonds is 8. The normalized spacial score (nSPS) is 10.5. The Kier molecular flexibility index (Phi) is 7.74. The number of ether oxygens (including phenoxy) is 3. The SMILES string of the molecule is CCn1nc(-c2ccccc2)c(C(=O)OCOC(=O)OC(C)C)c(Nc2cccnc2)c1=O. The minimum Gasteiger partial charge on any atom is -0.431 e. The number of nitrogens with one attached hydrogen (secondary N) is 1. The summed E-state index contributed by atoms with van der Waals surface area (Å²) in [5, 5.41) is 7.34. The highest BCUT2D eigenvalue weighted by molar-refractivity contribution is 6.02. The number of hydrogen-bond donors (Lipinski definition) is 1.